The van der Waals surface area contributed by atoms with Gasteiger partial charge in [0.15, 0.2) is 0 Å². The average Bonchev–Trinajstić information content (AvgIpc) is 2.30. The molecule has 96 valence electrons. The van der Waals surface area contributed by atoms with Gasteiger partial charge in [-0.25, -0.2) is 0 Å². The van der Waals surface area contributed by atoms with E-state index in [1.807, 2.05) is 26.0 Å². The Bertz CT molecular complexity index is 334. The first kappa shape index (κ1) is 14.7. The summed E-state index contributed by atoms with van der Waals surface area (Å²) in [6.45, 7) is 9.71. The highest BCUT2D eigenvalue weighted by Gasteiger charge is 2.38. The van der Waals surface area contributed by atoms with Crippen molar-refractivity contribution in [2.75, 3.05) is 13.2 Å². The molecule has 1 atom stereocenters. The van der Waals surface area contributed by atoms with Crippen molar-refractivity contribution in [1.82, 2.24) is 0 Å². The molecule has 0 aliphatic rings. The number of hydrogen-bond acceptors (Lipinski definition) is 2. The summed E-state index contributed by atoms with van der Waals surface area (Å²) in [6.07, 6.45) is 0. The van der Waals surface area contributed by atoms with E-state index in [0.717, 1.165) is 5.02 Å². The zero-order valence-corrected chi connectivity index (χ0v) is 12.8. The van der Waals surface area contributed by atoms with E-state index in [-0.39, 0.29) is 0 Å². The lowest BCUT2D eigenvalue weighted by molar-refractivity contribution is 0.181. The Morgan fingerprint density at radius 3 is 2.00 bits per heavy atom. The smallest absolute Gasteiger partial charge is 0.342 e. The van der Waals surface area contributed by atoms with Gasteiger partial charge in [0.25, 0.3) is 0 Å². The summed E-state index contributed by atoms with van der Waals surface area (Å²) in [5, 5.41) is 0.761. The highest BCUT2D eigenvalue weighted by molar-refractivity contribution is 6.67. The van der Waals surface area contributed by atoms with Crippen LogP contribution in [0.5, 0.6) is 0 Å². The predicted molar refractivity (Wildman–Crippen MR) is 74.7 cm³/mol. The molecule has 0 aliphatic carbocycles. The Kier molecular flexibility index (Phi) is 5.66. The average molecular weight is 273 g/mol. The van der Waals surface area contributed by atoms with Crippen LogP contribution < -0.4 is 0 Å². The van der Waals surface area contributed by atoms with Crippen LogP contribution in [0.2, 0.25) is 11.6 Å². The van der Waals surface area contributed by atoms with Gasteiger partial charge in [-0.3, -0.25) is 0 Å². The standard InChI is InChI=1S/C13H21ClO2Si/c1-5-15-17(4,16-6-2)11(3)12-7-9-13(14)10-8-12/h7-11H,5-6H2,1-4H3. The minimum atomic E-state index is -2.15. The molecule has 0 amide bonds. The maximum Gasteiger partial charge on any atom is 0.342 e. The third kappa shape index (κ3) is 3.81. The monoisotopic (exact) mass is 272 g/mol. The molecule has 2 nitrogen and oxygen atoms in total. The summed E-state index contributed by atoms with van der Waals surface area (Å²) in [4.78, 5) is 0. The van der Waals surface area contributed by atoms with Gasteiger partial charge in [0.05, 0.1) is 0 Å². The van der Waals surface area contributed by atoms with E-state index in [4.69, 9.17) is 20.5 Å². The van der Waals surface area contributed by atoms with E-state index in [2.05, 4.69) is 25.6 Å². The number of benzene rings is 1. The van der Waals surface area contributed by atoms with E-state index in [9.17, 15) is 0 Å². The Morgan fingerprint density at radius 1 is 1.12 bits per heavy atom. The van der Waals surface area contributed by atoms with Crippen LogP contribution in [-0.4, -0.2) is 21.8 Å². The summed E-state index contributed by atoms with van der Waals surface area (Å²) >= 11 is 5.90. The number of hydrogen-bond donors (Lipinski definition) is 0. The van der Waals surface area contributed by atoms with Crippen molar-refractivity contribution in [3.8, 4) is 0 Å². The molecule has 0 fully saturated rings. The van der Waals surface area contributed by atoms with E-state index in [1.165, 1.54) is 5.56 Å². The predicted octanol–water partition coefficient (Wildman–Crippen LogP) is 4.13. The van der Waals surface area contributed by atoms with Gasteiger partial charge in [-0.2, -0.15) is 0 Å². The highest BCUT2D eigenvalue weighted by atomic mass is 35.5. The van der Waals surface area contributed by atoms with Gasteiger partial charge in [-0.15, -0.1) is 0 Å². The molecule has 0 heterocycles. The van der Waals surface area contributed by atoms with Crippen LogP contribution in [0.1, 0.15) is 31.9 Å². The minimum absolute atomic E-state index is 0.291. The molecule has 0 saturated carbocycles. The maximum absolute atomic E-state index is 5.90. The summed E-state index contributed by atoms with van der Waals surface area (Å²) in [5.74, 6) is 0. The molecular formula is C13H21ClO2Si. The van der Waals surface area contributed by atoms with Crippen LogP contribution in [0.15, 0.2) is 24.3 Å². The minimum Gasteiger partial charge on any atom is -0.394 e. The molecular weight excluding hydrogens is 252 g/mol. The molecule has 0 bridgehead atoms. The van der Waals surface area contributed by atoms with Gasteiger partial charge < -0.3 is 8.85 Å². The van der Waals surface area contributed by atoms with Crippen LogP contribution in [0.3, 0.4) is 0 Å². The molecule has 1 rings (SSSR count). The third-order valence-electron chi connectivity index (χ3n) is 3.02. The summed E-state index contributed by atoms with van der Waals surface area (Å²) < 4.78 is 11.8. The zero-order valence-electron chi connectivity index (χ0n) is 11.0. The van der Waals surface area contributed by atoms with Gasteiger partial charge >= 0.3 is 8.56 Å². The van der Waals surface area contributed by atoms with E-state index in [0.29, 0.717) is 18.8 Å². The summed E-state index contributed by atoms with van der Waals surface area (Å²) in [5.41, 5.74) is 1.52. The Hall–Kier alpha value is -0.353. The number of halogens is 1. The molecule has 4 heteroatoms. The molecule has 1 aromatic rings. The third-order valence-corrected chi connectivity index (χ3v) is 6.90. The Balaban J connectivity index is 2.90. The topological polar surface area (TPSA) is 18.5 Å². The fourth-order valence-corrected chi connectivity index (χ4v) is 4.57. The molecule has 1 aromatic carbocycles. The van der Waals surface area contributed by atoms with E-state index in [1.54, 1.807) is 0 Å². The van der Waals surface area contributed by atoms with Gasteiger partial charge in [0, 0.05) is 23.8 Å². The van der Waals surface area contributed by atoms with Gasteiger partial charge in [0.1, 0.15) is 0 Å². The van der Waals surface area contributed by atoms with E-state index < -0.39 is 8.56 Å². The maximum atomic E-state index is 5.90. The van der Waals surface area contributed by atoms with Crippen LogP contribution in [0.25, 0.3) is 0 Å². The lowest BCUT2D eigenvalue weighted by Gasteiger charge is -2.32. The van der Waals surface area contributed by atoms with Crippen molar-refractivity contribution in [3.05, 3.63) is 34.9 Å². The van der Waals surface area contributed by atoms with E-state index >= 15 is 0 Å². The van der Waals surface area contributed by atoms with Crippen molar-refractivity contribution in [2.24, 2.45) is 0 Å². The molecule has 0 spiro atoms. The van der Waals surface area contributed by atoms with Crippen molar-refractivity contribution >= 4 is 20.2 Å². The molecule has 1 unspecified atom stereocenters. The summed E-state index contributed by atoms with van der Waals surface area (Å²) in [6, 6.07) is 7.94. The normalized spacial score (nSPS) is 13.7. The van der Waals surface area contributed by atoms with Crippen molar-refractivity contribution in [2.45, 2.75) is 32.9 Å². The second kappa shape index (κ2) is 6.54. The Labute approximate surface area is 110 Å². The van der Waals surface area contributed by atoms with Gasteiger partial charge in [0.2, 0.25) is 0 Å². The second-order valence-electron chi connectivity index (χ2n) is 4.16. The largest absolute Gasteiger partial charge is 0.394 e. The molecule has 17 heavy (non-hydrogen) atoms. The van der Waals surface area contributed by atoms with Crippen LogP contribution in [0.4, 0.5) is 0 Å². The second-order valence-corrected chi connectivity index (χ2v) is 8.07. The lowest BCUT2D eigenvalue weighted by atomic mass is 10.2. The first-order valence-corrected chi connectivity index (χ1v) is 8.84. The van der Waals surface area contributed by atoms with Gasteiger partial charge in [-0.1, -0.05) is 30.7 Å². The molecule has 0 radical (unpaired) electrons. The van der Waals surface area contributed by atoms with Crippen molar-refractivity contribution in [1.29, 1.82) is 0 Å². The van der Waals surface area contributed by atoms with Crippen LogP contribution in [0, 0.1) is 0 Å². The fourth-order valence-electron chi connectivity index (χ4n) is 1.92. The molecule has 0 N–H and O–H groups in total. The molecule has 0 aliphatic heterocycles. The first-order valence-electron chi connectivity index (χ1n) is 6.06. The van der Waals surface area contributed by atoms with Crippen LogP contribution >= 0.6 is 11.6 Å². The molecule has 0 saturated heterocycles. The van der Waals surface area contributed by atoms with Crippen molar-refractivity contribution in [3.63, 3.8) is 0 Å². The van der Waals surface area contributed by atoms with Gasteiger partial charge in [-0.05, 0) is 38.1 Å². The molecule has 0 aromatic heterocycles. The number of rotatable bonds is 6. The van der Waals surface area contributed by atoms with Crippen molar-refractivity contribution < 1.29 is 8.85 Å². The quantitative estimate of drug-likeness (QED) is 0.725. The fraction of sp³-hybridized carbons (Fsp3) is 0.538. The highest BCUT2D eigenvalue weighted by Crippen LogP contribution is 2.29. The lowest BCUT2D eigenvalue weighted by Crippen LogP contribution is -2.44. The summed E-state index contributed by atoms with van der Waals surface area (Å²) in [7, 11) is -2.15. The Morgan fingerprint density at radius 2 is 1.59 bits per heavy atom. The first-order chi connectivity index (χ1) is 8.03. The van der Waals surface area contributed by atoms with Crippen LogP contribution in [-0.2, 0) is 8.85 Å². The zero-order chi connectivity index (χ0) is 12.9. The SMILES string of the molecule is CCO[Si](C)(OCC)C(C)c1ccc(Cl)cc1.